The lowest BCUT2D eigenvalue weighted by Crippen LogP contribution is -2.36. The predicted octanol–water partition coefficient (Wildman–Crippen LogP) is -0.0726. The van der Waals surface area contributed by atoms with Gasteiger partial charge in [-0.3, -0.25) is 4.79 Å². The number of amides is 1. The summed E-state index contributed by atoms with van der Waals surface area (Å²) in [4.78, 5) is 14.1. The molecular formula is C9H15N3O3S. The minimum absolute atomic E-state index is 0.0687. The monoisotopic (exact) mass is 245 g/mol. The average Bonchev–Trinajstić information content (AvgIpc) is 2.69. The third-order valence-corrected chi connectivity index (χ3v) is 2.88. The molecule has 0 bridgehead atoms. The summed E-state index contributed by atoms with van der Waals surface area (Å²) < 4.78 is 8.63. The Hall–Kier alpha value is -1.05. The number of aliphatic hydroxyl groups excluding tert-OH is 1. The molecule has 1 aromatic heterocycles. The van der Waals surface area contributed by atoms with E-state index in [1.165, 1.54) is 4.90 Å². The summed E-state index contributed by atoms with van der Waals surface area (Å²) in [5.74, 6) is -0.154. The average molecular weight is 245 g/mol. The molecule has 7 heteroatoms. The first-order valence-electron chi connectivity index (χ1n) is 4.88. The van der Waals surface area contributed by atoms with Crippen molar-refractivity contribution in [2.24, 2.45) is 0 Å². The smallest absolute Gasteiger partial charge is 0.267 e. The third-order valence-electron chi connectivity index (χ3n) is 2.07. The van der Waals surface area contributed by atoms with Crippen LogP contribution in [0.25, 0.3) is 0 Å². The first-order valence-corrected chi connectivity index (χ1v) is 5.66. The Balaban J connectivity index is 2.70. The molecule has 0 atom stereocenters. The highest BCUT2D eigenvalue weighted by molar-refractivity contribution is 7.07. The zero-order valence-electron chi connectivity index (χ0n) is 9.34. The number of aryl methyl sites for hydroxylation is 1. The first kappa shape index (κ1) is 13.0. The molecule has 0 radical (unpaired) electrons. The zero-order chi connectivity index (χ0) is 12.0. The fourth-order valence-electron chi connectivity index (χ4n) is 1.21. The molecule has 90 valence electrons. The van der Waals surface area contributed by atoms with Gasteiger partial charge in [0.25, 0.3) is 5.91 Å². The lowest BCUT2D eigenvalue weighted by molar-refractivity contribution is 0.0660. The number of carbonyl (C=O) groups is 1. The van der Waals surface area contributed by atoms with E-state index in [2.05, 4.69) is 9.59 Å². The van der Waals surface area contributed by atoms with Crippen molar-refractivity contribution in [3.05, 3.63) is 10.6 Å². The Kier molecular flexibility index (Phi) is 5.30. The second-order valence-corrected chi connectivity index (χ2v) is 3.95. The Morgan fingerprint density at radius 2 is 2.31 bits per heavy atom. The summed E-state index contributed by atoms with van der Waals surface area (Å²) in [5, 5.41) is 12.7. The number of rotatable bonds is 6. The van der Waals surface area contributed by atoms with Gasteiger partial charge in [0.2, 0.25) is 0 Å². The van der Waals surface area contributed by atoms with Gasteiger partial charge in [0, 0.05) is 20.2 Å². The van der Waals surface area contributed by atoms with E-state index in [1.54, 1.807) is 14.0 Å². The van der Waals surface area contributed by atoms with Gasteiger partial charge >= 0.3 is 0 Å². The second kappa shape index (κ2) is 6.51. The van der Waals surface area contributed by atoms with Crippen LogP contribution in [0.1, 0.15) is 15.4 Å². The van der Waals surface area contributed by atoms with Crippen molar-refractivity contribution >= 4 is 17.4 Å². The highest BCUT2D eigenvalue weighted by Gasteiger charge is 2.19. The summed E-state index contributed by atoms with van der Waals surface area (Å²) in [5.41, 5.74) is 0.621. The van der Waals surface area contributed by atoms with Gasteiger partial charge in [0.05, 0.1) is 18.9 Å². The van der Waals surface area contributed by atoms with E-state index in [1.807, 2.05) is 0 Å². The third kappa shape index (κ3) is 3.22. The first-order chi connectivity index (χ1) is 7.70. The van der Waals surface area contributed by atoms with Crippen molar-refractivity contribution in [2.75, 3.05) is 33.4 Å². The van der Waals surface area contributed by atoms with E-state index in [4.69, 9.17) is 9.84 Å². The molecular weight excluding hydrogens is 230 g/mol. The van der Waals surface area contributed by atoms with Crippen LogP contribution in [0.15, 0.2) is 0 Å². The fourth-order valence-corrected chi connectivity index (χ4v) is 1.83. The highest BCUT2D eigenvalue weighted by atomic mass is 32.1. The maximum Gasteiger partial charge on any atom is 0.267 e. The number of aliphatic hydroxyl groups is 1. The molecule has 0 aliphatic rings. The van der Waals surface area contributed by atoms with Crippen molar-refractivity contribution in [2.45, 2.75) is 6.92 Å². The van der Waals surface area contributed by atoms with Crippen LogP contribution in [-0.2, 0) is 4.74 Å². The van der Waals surface area contributed by atoms with Gasteiger partial charge in [-0.1, -0.05) is 4.49 Å². The summed E-state index contributed by atoms with van der Waals surface area (Å²) in [7, 11) is 1.57. The van der Waals surface area contributed by atoms with Crippen LogP contribution in [0.3, 0.4) is 0 Å². The van der Waals surface area contributed by atoms with Crippen molar-refractivity contribution in [1.82, 2.24) is 14.5 Å². The molecule has 0 unspecified atom stereocenters. The quantitative estimate of drug-likeness (QED) is 0.759. The maximum absolute atomic E-state index is 12.0. The van der Waals surface area contributed by atoms with Crippen molar-refractivity contribution in [3.63, 3.8) is 0 Å². The van der Waals surface area contributed by atoms with E-state index in [9.17, 15) is 4.79 Å². The van der Waals surface area contributed by atoms with Crippen LogP contribution < -0.4 is 0 Å². The number of ether oxygens (including phenoxy) is 1. The number of carbonyl (C=O) groups excluding carboxylic acids is 1. The van der Waals surface area contributed by atoms with Crippen molar-refractivity contribution in [3.8, 4) is 0 Å². The molecule has 0 aromatic carbocycles. The highest BCUT2D eigenvalue weighted by Crippen LogP contribution is 2.12. The van der Waals surface area contributed by atoms with Crippen molar-refractivity contribution in [1.29, 1.82) is 0 Å². The maximum atomic E-state index is 12.0. The SMILES string of the molecule is COCCN(CCO)C(=O)c1snnc1C. The van der Waals surface area contributed by atoms with Crippen molar-refractivity contribution < 1.29 is 14.6 Å². The molecule has 0 spiro atoms. The van der Waals surface area contributed by atoms with Gasteiger partial charge in [0.15, 0.2) is 0 Å². The molecule has 1 heterocycles. The lowest BCUT2D eigenvalue weighted by Gasteiger charge is -2.20. The Labute approximate surface area is 98.0 Å². The zero-order valence-corrected chi connectivity index (χ0v) is 10.2. The van der Waals surface area contributed by atoms with Crippen LogP contribution in [0.2, 0.25) is 0 Å². The summed E-state index contributed by atoms with van der Waals surface area (Å²) >= 11 is 1.07. The molecule has 1 amide bonds. The van der Waals surface area contributed by atoms with Gasteiger partial charge in [-0.2, -0.15) is 0 Å². The standard InChI is InChI=1S/C9H15N3O3S/c1-7-8(16-11-10-7)9(14)12(3-5-13)4-6-15-2/h13H,3-6H2,1-2H3. The Bertz CT molecular complexity index is 342. The van der Waals surface area contributed by atoms with Gasteiger partial charge in [-0.25, -0.2) is 0 Å². The normalized spacial score (nSPS) is 10.4. The molecule has 16 heavy (non-hydrogen) atoms. The van der Waals surface area contributed by atoms with E-state index in [0.29, 0.717) is 30.3 Å². The van der Waals surface area contributed by atoms with Crippen LogP contribution in [0.5, 0.6) is 0 Å². The van der Waals surface area contributed by atoms with Gasteiger partial charge in [0.1, 0.15) is 4.88 Å². The van der Waals surface area contributed by atoms with E-state index < -0.39 is 0 Å². The van der Waals surface area contributed by atoms with E-state index in [-0.39, 0.29) is 12.5 Å². The topological polar surface area (TPSA) is 75.6 Å². The van der Waals surface area contributed by atoms with Gasteiger partial charge in [-0.15, -0.1) is 5.10 Å². The molecule has 0 aliphatic carbocycles. The second-order valence-electron chi connectivity index (χ2n) is 3.20. The summed E-state index contributed by atoms with van der Waals surface area (Å²) in [6.45, 7) is 2.86. The number of hydrogen-bond acceptors (Lipinski definition) is 6. The van der Waals surface area contributed by atoms with E-state index in [0.717, 1.165) is 11.5 Å². The number of nitrogens with zero attached hydrogens (tertiary/aromatic N) is 3. The van der Waals surface area contributed by atoms with Gasteiger partial charge in [-0.05, 0) is 18.5 Å². The fraction of sp³-hybridized carbons (Fsp3) is 0.667. The Morgan fingerprint density at radius 1 is 1.56 bits per heavy atom. The molecule has 6 nitrogen and oxygen atoms in total. The minimum Gasteiger partial charge on any atom is -0.395 e. The molecule has 0 fully saturated rings. The molecule has 0 saturated carbocycles. The number of aromatic nitrogens is 2. The number of methoxy groups -OCH3 is 1. The Morgan fingerprint density at radius 3 is 2.81 bits per heavy atom. The van der Waals surface area contributed by atoms with Crippen LogP contribution in [0.4, 0.5) is 0 Å². The summed E-state index contributed by atoms with van der Waals surface area (Å²) in [6.07, 6.45) is 0. The predicted molar refractivity (Wildman–Crippen MR) is 59.5 cm³/mol. The molecule has 0 aliphatic heterocycles. The molecule has 1 N–H and O–H groups in total. The minimum atomic E-state index is -0.154. The lowest BCUT2D eigenvalue weighted by atomic mass is 10.3. The molecule has 1 rings (SSSR count). The van der Waals surface area contributed by atoms with E-state index >= 15 is 0 Å². The molecule has 0 saturated heterocycles. The molecule has 1 aromatic rings. The number of hydrogen-bond donors (Lipinski definition) is 1. The van der Waals surface area contributed by atoms with Gasteiger partial charge < -0.3 is 14.7 Å². The van der Waals surface area contributed by atoms with Crippen LogP contribution in [0, 0.1) is 6.92 Å². The van der Waals surface area contributed by atoms with Crippen LogP contribution in [-0.4, -0.2) is 58.9 Å². The largest absolute Gasteiger partial charge is 0.395 e. The van der Waals surface area contributed by atoms with Crippen LogP contribution >= 0.6 is 11.5 Å². The summed E-state index contributed by atoms with van der Waals surface area (Å²) in [6, 6.07) is 0.